The lowest BCUT2D eigenvalue weighted by atomic mass is 10.0. The van der Waals surface area contributed by atoms with Crippen molar-refractivity contribution >= 4 is 0 Å². The quantitative estimate of drug-likeness (QED) is 0.786. The fourth-order valence-electron chi connectivity index (χ4n) is 1.84. The molecule has 0 amide bonds. The maximum atomic E-state index is 5.41. The van der Waals surface area contributed by atoms with Gasteiger partial charge in [0, 0.05) is 13.2 Å². The maximum absolute atomic E-state index is 5.41. The molecule has 1 aromatic heterocycles. The van der Waals surface area contributed by atoms with E-state index in [0.29, 0.717) is 24.9 Å². The third-order valence-electron chi connectivity index (χ3n) is 2.75. The Morgan fingerprint density at radius 2 is 2.44 bits per heavy atom. The average Bonchev–Trinajstić information content (AvgIpc) is 2.80. The molecule has 90 valence electrons. The van der Waals surface area contributed by atoms with Crippen molar-refractivity contribution in [2.45, 2.75) is 38.7 Å². The van der Waals surface area contributed by atoms with E-state index >= 15 is 0 Å². The smallest absolute Gasteiger partial charge is 0.232 e. The zero-order valence-electron chi connectivity index (χ0n) is 9.81. The van der Waals surface area contributed by atoms with Crippen molar-refractivity contribution in [1.82, 2.24) is 10.1 Å². The molecule has 2 unspecified atom stereocenters. The van der Waals surface area contributed by atoms with Crippen LogP contribution in [0.5, 0.6) is 0 Å². The molecule has 0 aromatic carbocycles. The second kappa shape index (κ2) is 5.41. The van der Waals surface area contributed by atoms with Crippen LogP contribution < -0.4 is 0 Å². The van der Waals surface area contributed by atoms with Gasteiger partial charge in [-0.1, -0.05) is 5.16 Å². The normalized spacial score (nSPS) is 23.2. The molecule has 5 heteroatoms. The second-order valence-corrected chi connectivity index (χ2v) is 4.00. The minimum atomic E-state index is -0.105. The van der Waals surface area contributed by atoms with Gasteiger partial charge in [-0.2, -0.15) is 4.98 Å². The summed E-state index contributed by atoms with van der Waals surface area (Å²) in [5, 5.41) is 3.94. The fourth-order valence-corrected chi connectivity index (χ4v) is 1.84. The van der Waals surface area contributed by atoms with Crippen LogP contribution in [0.15, 0.2) is 4.52 Å². The first kappa shape index (κ1) is 11.5. The van der Waals surface area contributed by atoms with Crippen molar-refractivity contribution in [2.75, 3.05) is 19.8 Å². The van der Waals surface area contributed by atoms with E-state index in [4.69, 9.17) is 14.0 Å². The fraction of sp³-hybridized carbons (Fsp3) is 0.818. The highest BCUT2D eigenvalue weighted by Gasteiger charge is 2.23. The molecule has 1 aromatic rings. The Hall–Kier alpha value is -0.940. The molecule has 2 rings (SSSR count). The Kier molecular flexibility index (Phi) is 3.90. The lowest BCUT2D eigenvalue weighted by Gasteiger charge is -2.18. The molecule has 16 heavy (non-hydrogen) atoms. The van der Waals surface area contributed by atoms with E-state index < -0.39 is 0 Å². The van der Waals surface area contributed by atoms with Gasteiger partial charge in [-0.15, -0.1) is 0 Å². The SMILES string of the molecule is CCOC(C)c1noc(C2CCCOC2)n1. The van der Waals surface area contributed by atoms with E-state index in [1.807, 2.05) is 13.8 Å². The van der Waals surface area contributed by atoms with Gasteiger partial charge in [0.2, 0.25) is 5.89 Å². The molecule has 1 aliphatic heterocycles. The molecular weight excluding hydrogens is 208 g/mol. The van der Waals surface area contributed by atoms with Gasteiger partial charge in [0.15, 0.2) is 5.82 Å². The van der Waals surface area contributed by atoms with Crippen molar-refractivity contribution in [2.24, 2.45) is 0 Å². The summed E-state index contributed by atoms with van der Waals surface area (Å²) in [6.07, 6.45) is 2.01. The van der Waals surface area contributed by atoms with E-state index in [-0.39, 0.29) is 12.0 Å². The number of rotatable bonds is 4. The predicted molar refractivity (Wildman–Crippen MR) is 57.1 cm³/mol. The highest BCUT2D eigenvalue weighted by atomic mass is 16.5. The van der Waals surface area contributed by atoms with Crippen LogP contribution in [-0.2, 0) is 9.47 Å². The minimum Gasteiger partial charge on any atom is -0.381 e. The first-order chi connectivity index (χ1) is 7.81. The summed E-state index contributed by atoms with van der Waals surface area (Å²) >= 11 is 0. The van der Waals surface area contributed by atoms with Crippen LogP contribution in [0.2, 0.25) is 0 Å². The van der Waals surface area contributed by atoms with Gasteiger partial charge in [0.1, 0.15) is 6.10 Å². The summed E-state index contributed by atoms with van der Waals surface area (Å²) < 4.78 is 16.1. The molecule has 0 spiro atoms. The molecule has 0 saturated carbocycles. The number of aromatic nitrogens is 2. The third kappa shape index (κ3) is 2.59. The topological polar surface area (TPSA) is 57.4 Å². The van der Waals surface area contributed by atoms with E-state index in [1.165, 1.54) is 0 Å². The van der Waals surface area contributed by atoms with Crippen LogP contribution in [0.3, 0.4) is 0 Å². The van der Waals surface area contributed by atoms with Crippen LogP contribution in [0.1, 0.15) is 50.4 Å². The Morgan fingerprint density at radius 3 is 3.12 bits per heavy atom. The molecule has 0 N–H and O–H groups in total. The molecule has 0 radical (unpaired) electrons. The lowest BCUT2D eigenvalue weighted by Crippen LogP contribution is -2.15. The van der Waals surface area contributed by atoms with Gasteiger partial charge >= 0.3 is 0 Å². The molecular formula is C11H18N2O3. The first-order valence-corrected chi connectivity index (χ1v) is 5.84. The largest absolute Gasteiger partial charge is 0.381 e. The van der Waals surface area contributed by atoms with Crippen molar-refractivity contribution in [3.63, 3.8) is 0 Å². The van der Waals surface area contributed by atoms with Crippen molar-refractivity contribution in [1.29, 1.82) is 0 Å². The lowest BCUT2D eigenvalue weighted by molar-refractivity contribution is 0.0679. The van der Waals surface area contributed by atoms with E-state index in [1.54, 1.807) is 0 Å². The van der Waals surface area contributed by atoms with Gasteiger partial charge in [-0.3, -0.25) is 0 Å². The number of nitrogens with zero attached hydrogens (tertiary/aromatic N) is 2. The zero-order valence-corrected chi connectivity index (χ0v) is 9.81. The molecule has 2 atom stereocenters. The summed E-state index contributed by atoms with van der Waals surface area (Å²) in [5.41, 5.74) is 0. The maximum Gasteiger partial charge on any atom is 0.232 e. The zero-order chi connectivity index (χ0) is 11.4. The minimum absolute atomic E-state index is 0.105. The van der Waals surface area contributed by atoms with Crippen molar-refractivity contribution in [3.8, 4) is 0 Å². The van der Waals surface area contributed by atoms with Gasteiger partial charge in [0.25, 0.3) is 0 Å². The summed E-state index contributed by atoms with van der Waals surface area (Å²) in [6, 6.07) is 0. The average molecular weight is 226 g/mol. The molecule has 1 fully saturated rings. The highest BCUT2D eigenvalue weighted by Crippen LogP contribution is 2.25. The van der Waals surface area contributed by atoms with Crippen LogP contribution in [0.4, 0.5) is 0 Å². The first-order valence-electron chi connectivity index (χ1n) is 5.84. The van der Waals surface area contributed by atoms with Gasteiger partial charge in [-0.05, 0) is 26.7 Å². The van der Waals surface area contributed by atoms with E-state index in [0.717, 1.165) is 19.4 Å². The monoisotopic (exact) mass is 226 g/mol. The Labute approximate surface area is 95.1 Å². The number of hydrogen-bond donors (Lipinski definition) is 0. The molecule has 1 saturated heterocycles. The van der Waals surface area contributed by atoms with Crippen LogP contribution in [0, 0.1) is 0 Å². The Morgan fingerprint density at radius 1 is 1.56 bits per heavy atom. The van der Waals surface area contributed by atoms with Crippen LogP contribution >= 0.6 is 0 Å². The Balaban J connectivity index is 2.00. The summed E-state index contributed by atoms with van der Waals surface area (Å²) in [5.74, 6) is 1.56. The summed E-state index contributed by atoms with van der Waals surface area (Å²) in [4.78, 5) is 4.37. The van der Waals surface area contributed by atoms with E-state index in [9.17, 15) is 0 Å². The molecule has 1 aliphatic rings. The number of hydrogen-bond acceptors (Lipinski definition) is 5. The van der Waals surface area contributed by atoms with Crippen molar-refractivity contribution < 1.29 is 14.0 Å². The molecule has 0 aliphatic carbocycles. The van der Waals surface area contributed by atoms with Gasteiger partial charge in [0.05, 0.1) is 12.5 Å². The highest BCUT2D eigenvalue weighted by molar-refractivity contribution is 4.97. The Bertz CT molecular complexity index is 321. The van der Waals surface area contributed by atoms with Crippen LogP contribution in [0.25, 0.3) is 0 Å². The van der Waals surface area contributed by atoms with Crippen LogP contribution in [-0.4, -0.2) is 30.0 Å². The number of ether oxygens (including phenoxy) is 2. The van der Waals surface area contributed by atoms with Gasteiger partial charge < -0.3 is 14.0 Å². The molecule has 5 nitrogen and oxygen atoms in total. The second-order valence-electron chi connectivity index (χ2n) is 4.00. The van der Waals surface area contributed by atoms with Crippen molar-refractivity contribution in [3.05, 3.63) is 11.7 Å². The summed E-state index contributed by atoms with van der Waals surface area (Å²) in [6.45, 7) is 6.05. The predicted octanol–water partition coefficient (Wildman–Crippen LogP) is 2.06. The standard InChI is InChI=1S/C11H18N2O3/c1-3-15-8(2)10-12-11(16-13-10)9-5-4-6-14-7-9/h8-9H,3-7H2,1-2H3. The van der Waals surface area contributed by atoms with E-state index in [2.05, 4.69) is 10.1 Å². The summed E-state index contributed by atoms with van der Waals surface area (Å²) in [7, 11) is 0. The third-order valence-corrected chi connectivity index (χ3v) is 2.75. The van der Waals surface area contributed by atoms with Gasteiger partial charge in [-0.25, -0.2) is 0 Å². The molecule has 2 heterocycles. The molecule has 0 bridgehead atoms.